The zero-order chi connectivity index (χ0) is 10.1. The fraction of sp³-hybridized carbons (Fsp3) is 0.250. The van der Waals surface area contributed by atoms with E-state index in [1.54, 1.807) is 0 Å². The Balaban J connectivity index is 3.13. The maximum atomic E-state index is 12.3. The minimum absolute atomic E-state index is 0.231. The maximum Gasteiger partial charge on any atom is 0.416 e. The number of hydrogen-bond acceptors (Lipinski definition) is 1. The highest BCUT2D eigenvalue weighted by molar-refractivity contribution is 14.1. The Bertz CT molecular complexity index is 309. The summed E-state index contributed by atoms with van der Waals surface area (Å²) in [7, 11) is 0. The van der Waals surface area contributed by atoms with Gasteiger partial charge in [0.15, 0.2) is 0 Å². The predicted octanol–water partition coefficient (Wildman–Crippen LogP) is 3.78. The second-order valence-electron chi connectivity index (χ2n) is 2.62. The molecule has 0 saturated heterocycles. The van der Waals surface area contributed by atoms with Gasteiger partial charge in [-0.15, -0.1) is 0 Å². The number of alkyl halides is 3. The Kier molecular flexibility index (Phi) is 3.05. The predicted molar refractivity (Wildman–Crippen MR) is 53.8 cm³/mol. The van der Waals surface area contributed by atoms with Crippen LogP contribution < -0.4 is 3.53 Å². The van der Waals surface area contributed by atoms with Gasteiger partial charge in [-0.05, 0) is 30.7 Å². The second kappa shape index (κ2) is 3.73. The minimum Gasteiger partial charge on any atom is -0.328 e. The fourth-order valence-corrected chi connectivity index (χ4v) is 1.38. The molecule has 1 N–H and O–H groups in total. The zero-order valence-corrected chi connectivity index (χ0v) is 8.90. The van der Waals surface area contributed by atoms with E-state index in [1.165, 1.54) is 19.1 Å². The van der Waals surface area contributed by atoms with Gasteiger partial charge in [0.1, 0.15) is 0 Å². The van der Waals surface area contributed by atoms with Crippen molar-refractivity contribution in [2.45, 2.75) is 13.1 Å². The Morgan fingerprint density at radius 1 is 1.31 bits per heavy atom. The number of aryl methyl sites for hydroxylation is 1. The van der Waals surface area contributed by atoms with Gasteiger partial charge in [-0.25, -0.2) is 0 Å². The van der Waals surface area contributed by atoms with Crippen molar-refractivity contribution in [3.05, 3.63) is 29.3 Å². The fourth-order valence-electron chi connectivity index (χ4n) is 1.04. The van der Waals surface area contributed by atoms with Gasteiger partial charge < -0.3 is 3.53 Å². The number of benzene rings is 1. The van der Waals surface area contributed by atoms with Crippen LogP contribution >= 0.6 is 22.9 Å². The molecule has 0 aliphatic carbocycles. The lowest BCUT2D eigenvalue weighted by molar-refractivity contribution is -0.138. The van der Waals surface area contributed by atoms with Crippen LogP contribution in [0.4, 0.5) is 18.9 Å². The molecule has 0 bridgehead atoms. The summed E-state index contributed by atoms with van der Waals surface area (Å²) in [5, 5.41) is 0. The topological polar surface area (TPSA) is 12.0 Å². The van der Waals surface area contributed by atoms with Gasteiger partial charge in [0.25, 0.3) is 0 Å². The highest BCUT2D eigenvalue weighted by Gasteiger charge is 2.31. The molecular formula is C8H7F3IN. The Morgan fingerprint density at radius 2 is 1.92 bits per heavy atom. The van der Waals surface area contributed by atoms with E-state index in [9.17, 15) is 13.2 Å². The van der Waals surface area contributed by atoms with Crippen molar-refractivity contribution in [2.75, 3.05) is 3.53 Å². The lowest BCUT2D eigenvalue weighted by atomic mass is 10.1. The molecule has 0 atom stereocenters. The van der Waals surface area contributed by atoms with Crippen LogP contribution in [0.3, 0.4) is 0 Å². The molecule has 0 amide bonds. The van der Waals surface area contributed by atoms with Crippen LogP contribution in [0.1, 0.15) is 11.1 Å². The maximum absolute atomic E-state index is 12.3. The van der Waals surface area contributed by atoms with E-state index in [4.69, 9.17) is 0 Å². The van der Waals surface area contributed by atoms with Crippen molar-refractivity contribution in [3.63, 3.8) is 0 Å². The second-order valence-corrected chi connectivity index (χ2v) is 3.16. The largest absolute Gasteiger partial charge is 0.416 e. The molecule has 0 aliphatic heterocycles. The van der Waals surface area contributed by atoms with Crippen molar-refractivity contribution < 1.29 is 13.2 Å². The summed E-state index contributed by atoms with van der Waals surface area (Å²) in [6.45, 7) is 1.44. The molecule has 0 unspecified atom stereocenters. The van der Waals surface area contributed by atoms with Crippen LogP contribution in [0.5, 0.6) is 0 Å². The minimum atomic E-state index is -4.26. The first-order chi connectivity index (χ1) is 5.95. The van der Waals surface area contributed by atoms with Crippen molar-refractivity contribution in [2.24, 2.45) is 0 Å². The molecule has 0 saturated carbocycles. The van der Waals surface area contributed by atoms with Gasteiger partial charge in [0.2, 0.25) is 0 Å². The normalized spacial score (nSPS) is 11.5. The molecule has 13 heavy (non-hydrogen) atoms. The lowest BCUT2D eigenvalue weighted by Gasteiger charge is -2.10. The summed E-state index contributed by atoms with van der Waals surface area (Å²) in [4.78, 5) is 0. The molecule has 5 heteroatoms. The van der Waals surface area contributed by atoms with E-state index in [2.05, 4.69) is 3.53 Å². The van der Waals surface area contributed by atoms with E-state index in [1.807, 2.05) is 22.9 Å². The number of nitrogens with one attached hydrogen (secondary N) is 1. The molecule has 1 nitrogen and oxygen atoms in total. The molecule has 0 aliphatic rings. The summed E-state index contributed by atoms with van der Waals surface area (Å²) in [5.74, 6) is 0. The van der Waals surface area contributed by atoms with Gasteiger partial charge >= 0.3 is 6.18 Å². The number of hydrogen-bond donors (Lipinski definition) is 1. The molecule has 0 fully saturated rings. The van der Waals surface area contributed by atoms with E-state index >= 15 is 0 Å². The molecule has 1 aromatic rings. The average molecular weight is 301 g/mol. The Morgan fingerprint density at radius 3 is 2.31 bits per heavy atom. The van der Waals surface area contributed by atoms with Crippen LogP contribution in [0.15, 0.2) is 18.2 Å². The first-order valence-electron chi connectivity index (χ1n) is 3.49. The van der Waals surface area contributed by atoms with E-state index < -0.39 is 11.7 Å². The van der Waals surface area contributed by atoms with Crippen molar-refractivity contribution in [3.8, 4) is 0 Å². The highest BCUT2D eigenvalue weighted by atomic mass is 127. The lowest BCUT2D eigenvalue weighted by Crippen LogP contribution is -2.07. The summed E-state index contributed by atoms with van der Waals surface area (Å²) in [5.41, 5.74) is 0.322. The molecule has 0 heterocycles. The molecule has 1 rings (SSSR count). The quantitative estimate of drug-likeness (QED) is 0.615. The van der Waals surface area contributed by atoms with Gasteiger partial charge in [0.05, 0.1) is 28.4 Å². The summed E-state index contributed by atoms with van der Waals surface area (Å²) < 4.78 is 39.5. The van der Waals surface area contributed by atoms with Crippen molar-refractivity contribution >= 4 is 28.6 Å². The number of anilines is 1. The van der Waals surface area contributed by atoms with Crippen LogP contribution in [-0.4, -0.2) is 0 Å². The van der Waals surface area contributed by atoms with Crippen molar-refractivity contribution in [1.82, 2.24) is 0 Å². The molecule has 0 radical (unpaired) electrons. The molecule has 0 spiro atoms. The molecule has 0 aromatic heterocycles. The number of rotatable bonds is 1. The average Bonchev–Trinajstić information content (AvgIpc) is 2.01. The molecule has 72 valence electrons. The Labute approximate surface area is 87.8 Å². The highest BCUT2D eigenvalue weighted by Crippen LogP contribution is 2.32. The Hall–Kier alpha value is -0.460. The first kappa shape index (κ1) is 10.6. The van der Waals surface area contributed by atoms with E-state index in [0.717, 1.165) is 6.07 Å². The standard InChI is InChI=1S/C8H7F3IN/c1-5-4-6(13-12)2-3-7(5)8(9,10)11/h2-4,13H,1H3. The third-order valence-electron chi connectivity index (χ3n) is 1.64. The van der Waals surface area contributed by atoms with Gasteiger partial charge in [0, 0.05) is 5.69 Å². The SMILES string of the molecule is Cc1cc(NI)ccc1C(F)(F)F. The van der Waals surface area contributed by atoms with E-state index in [0.29, 0.717) is 5.69 Å². The summed E-state index contributed by atoms with van der Waals surface area (Å²) in [6, 6.07) is 3.95. The summed E-state index contributed by atoms with van der Waals surface area (Å²) >= 11 is 1.87. The monoisotopic (exact) mass is 301 g/mol. The third-order valence-corrected chi connectivity index (χ3v) is 2.26. The van der Waals surface area contributed by atoms with Crippen LogP contribution in [0, 0.1) is 6.92 Å². The molecular weight excluding hydrogens is 294 g/mol. The number of halogens is 4. The van der Waals surface area contributed by atoms with Gasteiger partial charge in [-0.2, -0.15) is 13.2 Å². The molecule has 1 aromatic carbocycles. The smallest absolute Gasteiger partial charge is 0.328 e. The van der Waals surface area contributed by atoms with Gasteiger partial charge in [-0.3, -0.25) is 0 Å². The van der Waals surface area contributed by atoms with Crippen molar-refractivity contribution in [1.29, 1.82) is 0 Å². The van der Waals surface area contributed by atoms with Crippen LogP contribution in [0.25, 0.3) is 0 Å². The van der Waals surface area contributed by atoms with Gasteiger partial charge in [-0.1, -0.05) is 0 Å². The van der Waals surface area contributed by atoms with Crippen LogP contribution in [0.2, 0.25) is 0 Å². The first-order valence-corrected chi connectivity index (χ1v) is 4.57. The summed E-state index contributed by atoms with van der Waals surface area (Å²) in [6.07, 6.45) is -4.26. The third kappa shape index (κ3) is 2.49. The van der Waals surface area contributed by atoms with Crippen LogP contribution in [-0.2, 0) is 6.18 Å². The van der Waals surface area contributed by atoms with E-state index in [-0.39, 0.29) is 5.56 Å². The zero-order valence-electron chi connectivity index (χ0n) is 6.74.